The van der Waals surface area contributed by atoms with Crippen molar-refractivity contribution in [3.8, 4) is 0 Å². The standard InChI is InChI=1S/C11H10FN3O4S2/c12-9-3-1-2-4-10(9)21(18,19)15-8-5-6-14-11(7-8)20(13,16)17/h1-7H,(H,14,15)(H2,13,16,17). The lowest BCUT2D eigenvalue weighted by Gasteiger charge is -2.09. The monoisotopic (exact) mass is 331 g/mol. The van der Waals surface area contributed by atoms with Crippen molar-refractivity contribution in [2.75, 3.05) is 4.72 Å². The van der Waals surface area contributed by atoms with Crippen LogP contribution in [-0.2, 0) is 20.0 Å². The Balaban J connectivity index is 2.41. The van der Waals surface area contributed by atoms with Gasteiger partial charge in [-0.3, -0.25) is 4.72 Å². The fraction of sp³-hybridized carbons (Fsp3) is 0. The second-order valence-corrected chi connectivity index (χ2v) is 7.12. The van der Waals surface area contributed by atoms with Crippen LogP contribution >= 0.6 is 0 Å². The fourth-order valence-electron chi connectivity index (χ4n) is 1.50. The van der Waals surface area contributed by atoms with Gasteiger partial charge in [-0.15, -0.1) is 0 Å². The first kappa shape index (κ1) is 15.4. The van der Waals surface area contributed by atoms with E-state index in [-0.39, 0.29) is 5.69 Å². The van der Waals surface area contributed by atoms with E-state index in [0.717, 1.165) is 24.4 Å². The van der Waals surface area contributed by atoms with Gasteiger partial charge < -0.3 is 0 Å². The summed E-state index contributed by atoms with van der Waals surface area (Å²) in [6.45, 7) is 0. The molecule has 10 heteroatoms. The Bertz CT molecular complexity index is 882. The second kappa shape index (κ2) is 5.39. The molecule has 21 heavy (non-hydrogen) atoms. The zero-order valence-corrected chi connectivity index (χ0v) is 12.0. The number of pyridine rings is 1. The van der Waals surface area contributed by atoms with E-state index in [2.05, 4.69) is 9.71 Å². The predicted molar refractivity (Wildman–Crippen MR) is 72.8 cm³/mol. The lowest BCUT2D eigenvalue weighted by atomic mass is 10.4. The number of anilines is 1. The third-order valence-electron chi connectivity index (χ3n) is 2.40. The molecular weight excluding hydrogens is 321 g/mol. The highest BCUT2D eigenvalue weighted by atomic mass is 32.2. The van der Waals surface area contributed by atoms with E-state index >= 15 is 0 Å². The number of sulfonamides is 2. The van der Waals surface area contributed by atoms with E-state index in [4.69, 9.17) is 5.14 Å². The summed E-state index contributed by atoms with van der Waals surface area (Å²) in [5.41, 5.74) is -0.0997. The van der Waals surface area contributed by atoms with E-state index < -0.39 is 35.8 Å². The molecule has 7 nitrogen and oxygen atoms in total. The Morgan fingerprint density at radius 1 is 1.10 bits per heavy atom. The molecule has 3 N–H and O–H groups in total. The molecule has 1 aromatic carbocycles. The van der Waals surface area contributed by atoms with Gasteiger partial charge in [0.1, 0.15) is 10.7 Å². The molecule has 0 atom stereocenters. The summed E-state index contributed by atoms with van der Waals surface area (Å²) in [5.74, 6) is -0.925. The molecule has 0 radical (unpaired) electrons. The van der Waals surface area contributed by atoms with Crippen molar-refractivity contribution >= 4 is 25.7 Å². The minimum absolute atomic E-state index is 0.0997. The average molecular weight is 331 g/mol. The molecule has 0 aliphatic carbocycles. The summed E-state index contributed by atoms with van der Waals surface area (Å²) in [4.78, 5) is 2.95. The number of hydrogen-bond acceptors (Lipinski definition) is 5. The van der Waals surface area contributed by atoms with Crippen LogP contribution in [0.15, 0.2) is 52.5 Å². The lowest BCUT2D eigenvalue weighted by molar-refractivity contribution is 0.570. The van der Waals surface area contributed by atoms with Crippen molar-refractivity contribution in [1.82, 2.24) is 4.98 Å². The van der Waals surface area contributed by atoms with Gasteiger partial charge in [0.2, 0.25) is 0 Å². The van der Waals surface area contributed by atoms with Crippen molar-refractivity contribution < 1.29 is 21.2 Å². The first-order chi connectivity index (χ1) is 9.70. The Kier molecular flexibility index (Phi) is 3.94. The maximum Gasteiger partial charge on any atom is 0.264 e. The molecule has 0 aliphatic rings. The molecule has 112 valence electrons. The van der Waals surface area contributed by atoms with Gasteiger partial charge in [0.25, 0.3) is 20.0 Å². The van der Waals surface area contributed by atoms with E-state index in [1.807, 2.05) is 0 Å². The van der Waals surface area contributed by atoms with Gasteiger partial charge in [0.05, 0.1) is 5.69 Å². The number of hydrogen-bond donors (Lipinski definition) is 2. The van der Waals surface area contributed by atoms with Gasteiger partial charge in [-0.05, 0) is 18.2 Å². The van der Waals surface area contributed by atoms with Crippen LogP contribution in [-0.4, -0.2) is 21.8 Å². The lowest BCUT2D eigenvalue weighted by Crippen LogP contribution is -2.17. The van der Waals surface area contributed by atoms with Crippen LogP contribution in [0.1, 0.15) is 0 Å². The molecule has 2 rings (SSSR count). The highest BCUT2D eigenvalue weighted by molar-refractivity contribution is 7.92. The Morgan fingerprint density at radius 2 is 1.76 bits per heavy atom. The zero-order chi connectivity index (χ0) is 15.7. The van der Waals surface area contributed by atoms with Crippen molar-refractivity contribution in [1.29, 1.82) is 0 Å². The minimum Gasteiger partial charge on any atom is -0.279 e. The first-order valence-electron chi connectivity index (χ1n) is 5.46. The Labute approximate surface area is 120 Å². The second-order valence-electron chi connectivity index (χ2n) is 3.96. The molecule has 0 aliphatic heterocycles. The number of primary sulfonamides is 1. The third kappa shape index (κ3) is 3.54. The molecule has 0 amide bonds. The molecular formula is C11H10FN3O4S2. The summed E-state index contributed by atoms with van der Waals surface area (Å²) in [6.07, 6.45) is 1.07. The Morgan fingerprint density at radius 3 is 2.38 bits per heavy atom. The number of nitrogens with one attached hydrogen (secondary N) is 1. The third-order valence-corrected chi connectivity index (χ3v) is 4.63. The quantitative estimate of drug-likeness (QED) is 0.853. The topological polar surface area (TPSA) is 119 Å². The van der Waals surface area contributed by atoms with Gasteiger partial charge >= 0.3 is 0 Å². The van der Waals surface area contributed by atoms with Crippen LogP contribution in [0.5, 0.6) is 0 Å². The SMILES string of the molecule is NS(=O)(=O)c1cc(NS(=O)(=O)c2ccccc2F)ccn1. The molecule has 0 bridgehead atoms. The van der Waals surface area contributed by atoms with Gasteiger partial charge in [-0.25, -0.2) is 31.3 Å². The molecule has 0 saturated carbocycles. The maximum absolute atomic E-state index is 13.5. The highest BCUT2D eigenvalue weighted by Gasteiger charge is 2.19. The first-order valence-corrected chi connectivity index (χ1v) is 8.49. The van der Waals surface area contributed by atoms with Crippen LogP contribution in [0.3, 0.4) is 0 Å². The van der Waals surface area contributed by atoms with Crippen LogP contribution in [0.4, 0.5) is 10.1 Å². The van der Waals surface area contributed by atoms with Gasteiger partial charge in [-0.1, -0.05) is 12.1 Å². The van der Waals surface area contributed by atoms with E-state index in [0.29, 0.717) is 0 Å². The van der Waals surface area contributed by atoms with Crippen molar-refractivity contribution in [3.63, 3.8) is 0 Å². The summed E-state index contributed by atoms with van der Waals surface area (Å²) < 4.78 is 61.9. The molecule has 0 unspecified atom stereocenters. The predicted octanol–water partition coefficient (Wildman–Crippen LogP) is 0.669. The maximum atomic E-state index is 13.5. The summed E-state index contributed by atoms with van der Waals surface area (Å²) in [7, 11) is -8.27. The number of nitrogens with two attached hydrogens (primary N) is 1. The zero-order valence-electron chi connectivity index (χ0n) is 10.4. The largest absolute Gasteiger partial charge is 0.279 e. The highest BCUT2D eigenvalue weighted by Crippen LogP contribution is 2.19. The summed E-state index contributed by atoms with van der Waals surface area (Å²) in [6, 6.07) is 6.94. The van der Waals surface area contributed by atoms with Crippen LogP contribution in [0.25, 0.3) is 0 Å². The average Bonchev–Trinajstić information content (AvgIpc) is 2.37. The number of rotatable bonds is 4. The van der Waals surface area contributed by atoms with Gasteiger partial charge in [0.15, 0.2) is 5.03 Å². The van der Waals surface area contributed by atoms with E-state index in [1.54, 1.807) is 0 Å². The number of benzene rings is 1. The van der Waals surface area contributed by atoms with Gasteiger partial charge in [0, 0.05) is 12.3 Å². The van der Waals surface area contributed by atoms with Crippen molar-refractivity contribution in [2.45, 2.75) is 9.92 Å². The smallest absolute Gasteiger partial charge is 0.264 e. The van der Waals surface area contributed by atoms with Crippen LogP contribution in [0.2, 0.25) is 0 Å². The van der Waals surface area contributed by atoms with Crippen LogP contribution in [0, 0.1) is 5.82 Å². The molecule has 0 fully saturated rings. The number of halogens is 1. The summed E-state index contributed by atoms with van der Waals surface area (Å²) >= 11 is 0. The van der Waals surface area contributed by atoms with E-state index in [9.17, 15) is 21.2 Å². The number of aromatic nitrogens is 1. The Hall–Kier alpha value is -2.04. The van der Waals surface area contributed by atoms with Crippen LogP contribution < -0.4 is 9.86 Å². The van der Waals surface area contributed by atoms with E-state index in [1.165, 1.54) is 18.2 Å². The minimum atomic E-state index is -4.19. The molecule has 1 aromatic heterocycles. The van der Waals surface area contributed by atoms with Crippen molar-refractivity contribution in [2.24, 2.45) is 5.14 Å². The van der Waals surface area contributed by atoms with Gasteiger partial charge in [-0.2, -0.15) is 0 Å². The fourth-order valence-corrected chi connectivity index (χ4v) is 3.13. The normalized spacial score (nSPS) is 12.1. The molecule has 2 aromatic rings. The molecule has 0 spiro atoms. The summed E-state index contributed by atoms with van der Waals surface area (Å²) in [5, 5.41) is 4.39. The molecule has 0 saturated heterocycles. The number of nitrogens with zero attached hydrogens (tertiary/aromatic N) is 1. The van der Waals surface area contributed by atoms with Crippen molar-refractivity contribution in [3.05, 3.63) is 48.4 Å². The molecule has 1 heterocycles.